The number of amides is 1. The fourth-order valence-corrected chi connectivity index (χ4v) is 3.38. The van der Waals surface area contributed by atoms with Crippen LogP contribution >= 0.6 is 15.9 Å². The third-order valence-corrected chi connectivity index (χ3v) is 4.97. The Morgan fingerprint density at radius 1 is 1.22 bits per heavy atom. The molecular formula is C19H20BrN3O4. The zero-order valence-electron chi connectivity index (χ0n) is 14.6. The van der Waals surface area contributed by atoms with Crippen LogP contribution in [0.5, 0.6) is 0 Å². The summed E-state index contributed by atoms with van der Waals surface area (Å²) in [5, 5.41) is 14.4. The minimum Gasteiger partial charge on any atom is -0.445 e. The summed E-state index contributed by atoms with van der Waals surface area (Å²) in [7, 11) is 0. The molecule has 0 radical (unpaired) electrons. The number of hydrogen-bond donors (Lipinski definition) is 1. The standard InChI is InChI=1S/C19H20BrN3O4/c20-15-6-7-18(23(25)26)17(12-15)21-16-8-10-22(11-9-16)19(24)27-13-14-4-2-1-3-5-14/h1-7,12,16,21H,8-11,13H2. The van der Waals surface area contributed by atoms with Gasteiger partial charge in [0.1, 0.15) is 12.3 Å². The molecule has 1 heterocycles. The number of halogens is 1. The van der Waals surface area contributed by atoms with Gasteiger partial charge >= 0.3 is 6.09 Å². The number of hydrogen-bond acceptors (Lipinski definition) is 5. The predicted molar refractivity (Wildman–Crippen MR) is 106 cm³/mol. The lowest BCUT2D eigenvalue weighted by Gasteiger charge is -2.32. The molecule has 2 aromatic carbocycles. The Bertz CT molecular complexity index is 808. The minimum absolute atomic E-state index is 0.0444. The number of likely N-dealkylation sites (tertiary alicyclic amines) is 1. The number of carbonyl (C=O) groups is 1. The van der Waals surface area contributed by atoms with Crippen molar-refractivity contribution in [2.24, 2.45) is 0 Å². The third kappa shape index (κ3) is 5.19. The highest BCUT2D eigenvalue weighted by Gasteiger charge is 2.25. The average Bonchev–Trinajstić information content (AvgIpc) is 2.67. The molecule has 0 unspecified atom stereocenters. The van der Waals surface area contributed by atoms with Crippen LogP contribution in [0.15, 0.2) is 53.0 Å². The zero-order valence-corrected chi connectivity index (χ0v) is 16.2. The van der Waals surface area contributed by atoms with Crippen LogP contribution in [0, 0.1) is 10.1 Å². The molecule has 0 aromatic heterocycles. The molecule has 8 heteroatoms. The van der Waals surface area contributed by atoms with Crippen molar-refractivity contribution in [1.29, 1.82) is 0 Å². The van der Waals surface area contributed by atoms with Gasteiger partial charge in [0.2, 0.25) is 0 Å². The fourth-order valence-electron chi connectivity index (χ4n) is 3.02. The molecule has 142 valence electrons. The summed E-state index contributed by atoms with van der Waals surface area (Å²) in [6.45, 7) is 1.35. The van der Waals surface area contributed by atoms with E-state index in [1.807, 2.05) is 30.3 Å². The summed E-state index contributed by atoms with van der Waals surface area (Å²) in [5.41, 5.74) is 1.48. The number of carbonyl (C=O) groups excluding carboxylic acids is 1. The second-order valence-electron chi connectivity index (χ2n) is 6.36. The second kappa shape index (κ2) is 8.85. The summed E-state index contributed by atoms with van der Waals surface area (Å²) in [5.74, 6) is 0. The number of nitrogens with zero attached hydrogens (tertiary/aromatic N) is 2. The lowest BCUT2D eigenvalue weighted by molar-refractivity contribution is -0.384. The molecule has 7 nitrogen and oxygen atoms in total. The molecule has 3 rings (SSSR count). The summed E-state index contributed by atoms with van der Waals surface area (Å²) in [4.78, 5) is 24.7. The Hall–Kier alpha value is -2.61. The maximum atomic E-state index is 12.2. The number of nitro benzene ring substituents is 1. The molecule has 1 aliphatic heterocycles. The van der Waals surface area contributed by atoms with E-state index in [0.717, 1.165) is 10.0 Å². The van der Waals surface area contributed by atoms with E-state index in [2.05, 4.69) is 21.2 Å². The highest BCUT2D eigenvalue weighted by Crippen LogP contribution is 2.29. The van der Waals surface area contributed by atoms with E-state index in [-0.39, 0.29) is 24.4 Å². The molecular weight excluding hydrogens is 414 g/mol. The molecule has 0 atom stereocenters. The monoisotopic (exact) mass is 433 g/mol. The van der Waals surface area contributed by atoms with Crippen molar-refractivity contribution in [3.63, 3.8) is 0 Å². The summed E-state index contributed by atoms with van der Waals surface area (Å²) < 4.78 is 6.13. The molecule has 1 aliphatic rings. The minimum atomic E-state index is -0.398. The predicted octanol–water partition coefficient (Wildman–Crippen LogP) is 4.57. The Kier molecular flexibility index (Phi) is 6.28. The Labute approximate surface area is 165 Å². The van der Waals surface area contributed by atoms with E-state index in [9.17, 15) is 14.9 Å². The first-order valence-corrected chi connectivity index (χ1v) is 9.48. The number of rotatable bonds is 5. The SMILES string of the molecule is O=C(OCc1ccccc1)N1CCC(Nc2cc(Br)ccc2[N+](=O)[O-])CC1. The van der Waals surface area contributed by atoms with E-state index in [1.165, 1.54) is 6.07 Å². The van der Waals surface area contributed by atoms with Gasteiger partial charge in [0.15, 0.2) is 0 Å². The van der Waals surface area contributed by atoms with E-state index in [4.69, 9.17) is 4.74 Å². The molecule has 1 N–H and O–H groups in total. The van der Waals surface area contributed by atoms with Crippen LogP contribution in [0.4, 0.5) is 16.2 Å². The molecule has 1 saturated heterocycles. The van der Waals surface area contributed by atoms with Gasteiger partial charge < -0.3 is 15.0 Å². The van der Waals surface area contributed by atoms with Gasteiger partial charge in [-0.2, -0.15) is 0 Å². The van der Waals surface area contributed by atoms with Gasteiger partial charge in [-0.05, 0) is 30.5 Å². The first kappa shape index (κ1) is 19.2. The van der Waals surface area contributed by atoms with Crippen LogP contribution in [0.1, 0.15) is 18.4 Å². The van der Waals surface area contributed by atoms with E-state index in [0.29, 0.717) is 31.6 Å². The van der Waals surface area contributed by atoms with Gasteiger partial charge in [0, 0.05) is 29.7 Å². The summed E-state index contributed by atoms with van der Waals surface area (Å²) >= 11 is 3.34. The van der Waals surface area contributed by atoms with Gasteiger partial charge in [-0.1, -0.05) is 46.3 Å². The van der Waals surface area contributed by atoms with E-state index < -0.39 is 4.92 Å². The lowest BCUT2D eigenvalue weighted by Crippen LogP contribution is -2.42. The van der Waals surface area contributed by atoms with E-state index >= 15 is 0 Å². The number of anilines is 1. The molecule has 2 aromatic rings. The van der Waals surface area contributed by atoms with Gasteiger partial charge in [0.25, 0.3) is 5.69 Å². The first-order valence-electron chi connectivity index (χ1n) is 8.69. The van der Waals surface area contributed by atoms with Gasteiger partial charge in [-0.3, -0.25) is 10.1 Å². The normalized spacial score (nSPS) is 14.6. The van der Waals surface area contributed by atoms with Crippen LogP contribution in [0.25, 0.3) is 0 Å². The van der Waals surface area contributed by atoms with Crippen molar-refractivity contribution in [3.05, 3.63) is 68.7 Å². The summed E-state index contributed by atoms with van der Waals surface area (Å²) in [6, 6.07) is 14.4. The number of nitro groups is 1. The average molecular weight is 434 g/mol. The topological polar surface area (TPSA) is 84.7 Å². The van der Waals surface area contributed by atoms with Crippen LogP contribution in [0.3, 0.4) is 0 Å². The van der Waals surface area contributed by atoms with Gasteiger partial charge in [0.05, 0.1) is 4.92 Å². The van der Waals surface area contributed by atoms with Crippen LogP contribution in [0.2, 0.25) is 0 Å². The quantitative estimate of drug-likeness (QED) is 0.551. The van der Waals surface area contributed by atoms with Crippen molar-refractivity contribution in [2.75, 3.05) is 18.4 Å². The number of nitrogens with one attached hydrogen (secondary N) is 1. The largest absolute Gasteiger partial charge is 0.445 e. The maximum Gasteiger partial charge on any atom is 0.410 e. The van der Waals surface area contributed by atoms with Gasteiger partial charge in [-0.15, -0.1) is 0 Å². The smallest absolute Gasteiger partial charge is 0.410 e. The van der Waals surface area contributed by atoms with Crippen molar-refractivity contribution < 1.29 is 14.5 Å². The van der Waals surface area contributed by atoms with Crippen molar-refractivity contribution in [2.45, 2.75) is 25.5 Å². The molecule has 0 saturated carbocycles. The van der Waals surface area contributed by atoms with Crippen molar-refractivity contribution >= 4 is 33.4 Å². The molecule has 27 heavy (non-hydrogen) atoms. The Morgan fingerprint density at radius 2 is 1.93 bits per heavy atom. The zero-order chi connectivity index (χ0) is 19.2. The molecule has 0 spiro atoms. The maximum absolute atomic E-state index is 12.2. The van der Waals surface area contributed by atoms with Crippen LogP contribution in [-0.4, -0.2) is 35.0 Å². The third-order valence-electron chi connectivity index (χ3n) is 4.47. The Balaban J connectivity index is 1.51. The number of ether oxygens (including phenoxy) is 1. The Morgan fingerprint density at radius 3 is 2.59 bits per heavy atom. The first-order chi connectivity index (χ1) is 13.0. The lowest BCUT2D eigenvalue weighted by atomic mass is 10.0. The number of piperidine rings is 1. The van der Waals surface area contributed by atoms with Crippen LogP contribution in [-0.2, 0) is 11.3 Å². The molecule has 1 amide bonds. The van der Waals surface area contributed by atoms with E-state index in [1.54, 1.807) is 17.0 Å². The molecule has 0 aliphatic carbocycles. The highest BCUT2D eigenvalue weighted by atomic mass is 79.9. The van der Waals surface area contributed by atoms with Gasteiger partial charge in [-0.25, -0.2) is 4.79 Å². The van der Waals surface area contributed by atoms with Crippen LogP contribution < -0.4 is 5.32 Å². The van der Waals surface area contributed by atoms with Crippen molar-refractivity contribution in [1.82, 2.24) is 4.90 Å². The fraction of sp³-hybridized carbons (Fsp3) is 0.316. The number of benzene rings is 2. The molecule has 1 fully saturated rings. The van der Waals surface area contributed by atoms with Crippen molar-refractivity contribution in [3.8, 4) is 0 Å². The molecule has 0 bridgehead atoms. The highest BCUT2D eigenvalue weighted by molar-refractivity contribution is 9.10. The second-order valence-corrected chi connectivity index (χ2v) is 7.28. The summed E-state index contributed by atoms with van der Waals surface area (Å²) in [6.07, 6.45) is 1.07.